The molecule has 4 unspecified atom stereocenters. The number of nitrogens with zero attached hydrogens (tertiary/aromatic N) is 1. The van der Waals surface area contributed by atoms with E-state index in [1.165, 1.54) is 12.8 Å². The maximum Gasteiger partial charge on any atom is 0.0707 e. The van der Waals surface area contributed by atoms with Gasteiger partial charge in [0.25, 0.3) is 0 Å². The number of morpholine rings is 1. The Morgan fingerprint density at radius 3 is 2.59 bits per heavy atom. The molecule has 0 aliphatic carbocycles. The Labute approximate surface area is 103 Å². The molecule has 0 radical (unpaired) electrons. The fourth-order valence-electron chi connectivity index (χ4n) is 3.75. The molecule has 0 saturated carbocycles. The largest absolute Gasteiger partial charge is 0.378 e. The third-order valence-electron chi connectivity index (χ3n) is 4.73. The number of hydrogen-bond donors (Lipinski definition) is 1. The lowest BCUT2D eigenvalue weighted by Gasteiger charge is -2.50. The number of nitrogens with two attached hydrogens (primary N) is 1. The van der Waals surface area contributed by atoms with Crippen LogP contribution in [0.2, 0.25) is 0 Å². The molecule has 17 heavy (non-hydrogen) atoms. The van der Waals surface area contributed by atoms with Crippen LogP contribution in [-0.2, 0) is 9.47 Å². The Morgan fingerprint density at radius 2 is 2.00 bits per heavy atom. The zero-order valence-corrected chi connectivity index (χ0v) is 10.7. The maximum atomic E-state index is 6.10. The van der Waals surface area contributed by atoms with E-state index in [0.717, 1.165) is 39.1 Å². The van der Waals surface area contributed by atoms with Crippen molar-refractivity contribution in [3.63, 3.8) is 0 Å². The van der Waals surface area contributed by atoms with Crippen molar-refractivity contribution >= 4 is 0 Å². The van der Waals surface area contributed by atoms with Crippen LogP contribution in [0.1, 0.15) is 32.6 Å². The number of rotatable bonds is 2. The molecule has 98 valence electrons. The van der Waals surface area contributed by atoms with Gasteiger partial charge in [-0.1, -0.05) is 0 Å². The highest BCUT2D eigenvalue weighted by Gasteiger charge is 2.45. The zero-order valence-electron chi connectivity index (χ0n) is 10.7. The molecule has 4 nitrogen and oxygen atoms in total. The summed E-state index contributed by atoms with van der Waals surface area (Å²) in [5, 5.41) is 0. The molecule has 2 N–H and O–H groups in total. The van der Waals surface area contributed by atoms with Crippen LogP contribution in [0, 0.1) is 0 Å². The van der Waals surface area contributed by atoms with E-state index in [2.05, 4.69) is 11.8 Å². The summed E-state index contributed by atoms with van der Waals surface area (Å²) in [5.74, 6) is 0. The van der Waals surface area contributed by atoms with E-state index >= 15 is 0 Å². The highest BCUT2D eigenvalue weighted by Crippen LogP contribution is 2.36. The molecule has 3 fully saturated rings. The van der Waals surface area contributed by atoms with E-state index in [9.17, 15) is 0 Å². The van der Waals surface area contributed by atoms with Gasteiger partial charge in [-0.3, -0.25) is 4.90 Å². The summed E-state index contributed by atoms with van der Waals surface area (Å²) in [6.45, 7) is 5.91. The van der Waals surface area contributed by atoms with E-state index in [0.29, 0.717) is 18.3 Å². The van der Waals surface area contributed by atoms with Crippen LogP contribution < -0.4 is 5.73 Å². The third kappa shape index (κ3) is 2.12. The highest BCUT2D eigenvalue weighted by atomic mass is 16.5. The van der Waals surface area contributed by atoms with Crippen molar-refractivity contribution in [2.75, 3.05) is 26.2 Å². The zero-order chi connectivity index (χ0) is 11.9. The molecule has 3 heterocycles. The highest BCUT2D eigenvalue weighted by molar-refractivity contribution is 5.00. The second-order valence-electron chi connectivity index (χ2n) is 5.93. The number of ether oxygens (including phenoxy) is 2. The normalized spacial score (nSPS) is 47.3. The topological polar surface area (TPSA) is 47.7 Å². The van der Waals surface area contributed by atoms with Gasteiger partial charge in [0, 0.05) is 31.8 Å². The summed E-state index contributed by atoms with van der Waals surface area (Å²) in [4.78, 5) is 2.61. The van der Waals surface area contributed by atoms with Crippen molar-refractivity contribution in [2.24, 2.45) is 5.73 Å². The van der Waals surface area contributed by atoms with E-state index in [4.69, 9.17) is 15.2 Å². The summed E-state index contributed by atoms with van der Waals surface area (Å²) in [5.41, 5.74) is 6.27. The molecule has 0 aromatic rings. The predicted octanol–water partition coefficient (Wildman–Crippen LogP) is 0.746. The van der Waals surface area contributed by atoms with E-state index in [1.54, 1.807) is 0 Å². The van der Waals surface area contributed by atoms with Crippen molar-refractivity contribution < 1.29 is 9.47 Å². The van der Waals surface area contributed by atoms with Crippen LogP contribution in [0.5, 0.6) is 0 Å². The van der Waals surface area contributed by atoms with Crippen molar-refractivity contribution in [2.45, 2.75) is 56.5 Å². The van der Waals surface area contributed by atoms with E-state index < -0.39 is 0 Å². The molecular weight excluding hydrogens is 216 g/mol. The molecule has 0 aromatic heterocycles. The number of likely N-dealkylation sites (tertiary alicyclic amines) is 1. The van der Waals surface area contributed by atoms with Gasteiger partial charge in [0.15, 0.2) is 0 Å². The Hall–Kier alpha value is -0.160. The smallest absolute Gasteiger partial charge is 0.0707 e. The molecule has 2 bridgehead atoms. The van der Waals surface area contributed by atoms with Crippen LogP contribution in [0.3, 0.4) is 0 Å². The second-order valence-corrected chi connectivity index (χ2v) is 5.93. The quantitative estimate of drug-likeness (QED) is 0.773. The van der Waals surface area contributed by atoms with Crippen LogP contribution in [0.25, 0.3) is 0 Å². The van der Waals surface area contributed by atoms with Gasteiger partial charge in [-0.15, -0.1) is 0 Å². The fourth-order valence-corrected chi connectivity index (χ4v) is 3.75. The Bertz CT molecular complexity index is 275. The molecule has 0 aromatic carbocycles. The average Bonchev–Trinajstić information content (AvgIpc) is 2.68. The monoisotopic (exact) mass is 240 g/mol. The van der Waals surface area contributed by atoms with Crippen LogP contribution >= 0.6 is 0 Å². The minimum Gasteiger partial charge on any atom is -0.378 e. The summed E-state index contributed by atoms with van der Waals surface area (Å²) < 4.78 is 11.6. The number of fused-ring (bicyclic) bond motifs is 2. The fraction of sp³-hybridized carbons (Fsp3) is 1.00. The van der Waals surface area contributed by atoms with Crippen LogP contribution in [-0.4, -0.2) is 55.0 Å². The average molecular weight is 240 g/mol. The minimum atomic E-state index is 0.169. The van der Waals surface area contributed by atoms with Gasteiger partial charge in [0.1, 0.15) is 0 Å². The summed E-state index contributed by atoms with van der Waals surface area (Å²) in [6, 6.07) is 0. The van der Waals surface area contributed by atoms with Crippen LogP contribution in [0.4, 0.5) is 0 Å². The molecule has 3 aliphatic rings. The van der Waals surface area contributed by atoms with E-state index in [-0.39, 0.29) is 5.54 Å². The molecule has 0 amide bonds. The van der Waals surface area contributed by atoms with Crippen molar-refractivity contribution in [3.05, 3.63) is 0 Å². The lowest BCUT2D eigenvalue weighted by molar-refractivity contribution is -0.118. The standard InChI is InChI=1S/C13H24N2O2/c1-10-6-13(9-14,4-5-16-10)15-7-11-2-3-12(8-15)17-11/h10-12H,2-9,14H2,1H3. The second kappa shape index (κ2) is 4.50. The van der Waals surface area contributed by atoms with Gasteiger partial charge >= 0.3 is 0 Å². The molecule has 4 heteroatoms. The molecule has 0 spiro atoms. The first-order valence-corrected chi connectivity index (χ1v) is 6.94. The first-order chi connectivity index (χ1) is 8.22. The summed E-state index contributed by atoms with van der Waals surface area (Å²) in [7, 11) is 0. The molecule has 3 rings (SSSR count). The van der Waals surface area contributed by atoms with Crippen molar-refractivity contribution in [3.8, 4) is 0 Å². The van der Waals surface area contributed by atoms with Gasteiger partial charge in [-0.2, -0.15) is 0 Å². The molecular formula is C13H24N2O2. The first-order valence-electron chi connectivity index (χ1n) is 6.94. The Balaban J connectivity index is 1.75. The Kier molecular flexibility index (Phi) is 3.15. The van der Waals surface area contributed by atoms with Crippen molar-refractivity contribution in [1.82, 2.24) is 4.90 Å². The summed E-state index contributed by atoms with van der Waals surface area (Å²) >= 11 is 0. The lowest BCUT2D eigenvalue weighted by Crippen LogP contribution is -2.62. The predicted molar refractivity (Wildman–Crippen MR) is 65.9 cm³/mol. The van der Waals surface area contributed by atoms with E-state index in [1.807, 2.05) is 0 Å². The van der Waals surface area contributed by atoms with Crippen molar-refractivity contribution in [1.29, 1.82) is 0 Å². The van der Waals surface area contributed by atoms with Crippen LogP contribution in [0.15, 0.2) is 0 Å². The number of hydrogen-bond acceptors (Lipinski definition) is 4. The lowest BCUT2D eigenvalue weighted by atomic mass is 9.84. The third-order valence-corrected chi connectivity index (χ3v) is 4.73. The van der Waals surface area contributed by atoms with Gasteiger partial charge in [-0.25, -0.2) is 0 Å². The van der Waals surface area contributed by atoms with Gasteiger partial charge < -0.3 is 15.2 Å². The van der Waals surface area contributed by atoms with Gasteiger partial charge in [0.2, 0.25) is 0 Å². The first kappa shape index (κ1) is 11.9. The minimum absolute atomic E-state index is 0.169. The van der Waals surface area contributed by atoms with Gasteiger partial charge in [-0.05, 0) is 32.6 Å². The molecule has 4 atom stereocenters. The maximum absolute atomic E-state index is 6.10. The summed E-state index contributed by atoms with van der Waals surface area (Å²) in [6.07, 6.45) is 5.86. The Morgan fingerprint density at radius 1 is 1.29 bits per heavy atom. The van der Waals surface area contributed by atoms with Gasteiger partial charge in [0.05, 0.1) is 18.3 Å². The molecule has 3 saturated heterocycles. The molecule has 3 aliphatic heterocycles. The SMILES string of the molecule is CC1CC(CN)(N2CC3CCC(C2)O3)CCO1.